The van der Waals surface area contributed by atoms with E-state index in [2.05, 4.69) is 21.8 Å². The van der Waals surface area contributed by atoms with E-state index < -0.39 is 0 Å². The Morgan fingerprint density at radius 3 is 2.43 bits per heavy atom. The van der Waals surface area contributed by atoms with Crippen molar-refractivity contribution in [3.8, 4) is 0 Å². The van der Waals surface area contributed by atoms with E-state index in [4.69, 9.17) is 0 Å². The molecule has 0 aliphatic carbocycles. The summed E-state index contributed by atoms with van der Waals surface area (Å²) in [5, 5.41) is 0.513. The number of rotatable bonds is 2. The summed E-state index contributed by atoms with van der Waals surface area (Å²) in [4.78, 5) is 33.5. The van der Waals surface area contributed by atoms with Crippen LogP contribution in [0.25, 0.3) is 11.0 Å². The minimum Gasteiger partial charge on any atom is -0.371 e. The highest BCUT2D eigenvalue weighted by molar-refractivity contribution is 5.88. The Bertz CT molecular complexity index is 846. The number of fused-ring (bicyclic) bond motifs is 1. The van der Waals surface area contributed by atoms with Crippen molar-refractivity contribution >= 4 is 16.7 Å². The lowest BCUT2D eigenvalue weighted by atomic mass is 10.0. The van der Waals surface area contributed by atoms with Crippen molar-refractivity contribution in [2.24, 2.45) is 14.1 Å². The Labute approximate surface area is 134 Å². The topological polar surface area (TPSA) is 63.4 Å². The van der Waals surface area contributed by atoms with Gasteiger partial charge >= 0.3 is 5.69 Å². The molecule has 0 amide bonds. The molecule has 2 aromatic heterocycles. The standard InChI is InChI=1S/C16H23N5O2/c1-18-9-6-11(7-10-18)19(2)12-5-8-17-14-13(12)15(22)21(4)16(23)20(14)3/h5,8,11H,6-7,9-10H2,1-4H3. The fourth-order valence-electron chi connectivity index (χ4n) is 3.34. The van der Waals surface area contributed by atoms with Crippen LogP contribution < -0.4 is 16.1 Å². The first kappa shape index (κ1) is 15.7. The van der Waals surface area contributed by atoms with Crippen LogP contribution in [0.4, 0.5) is 5.69 Å². The molecule has 0 N–H and O–H groups in total. The van der Waals surface area contributed by atoms with Crippen molar-refractivity contribution in [2.75, 3.05) is 32.1 Å². The average molecular weight is 317 g/mol. The summed E-state index contributed by atoms with van der Waals surface area (Å²) in [5.74, 6) is 0. The Hall–Kier alpha value is -2.15. The number of hydrogen-bond donors (Lipinski definition) is 0. The van der Waals surface area contributed by atoms with Gasteiger partial charge in [-0.1, -0.05) is 0 Å². The maximum Gasteiger partial charge on any atom is 0.332 e. The third-order valence-electron chi connectivity index (χ3n) is 4.93. The van der Waals surface area contributed by atoms with Gasteiger partial charge in [-0.15, -0.1) is 0 Å². The highest BCUT2D eigenvalue weighted by Crippen LogP contribution is 2.25. The average Bonchev–Trinajstić information content (AvgIpc) is 2.57. The third-order valence-corrected chi connectivity index (χ3v) is 4.93. The van der Waals surface area contributed by atoms with Gasteiger partial charge in [0.15, 0.2) is 5.65 Å². The molecule has 124 valence electrons. The zero-order chi connectivity index (χ0) is 16.7. The summed E-state index contributed by atoms with van der Waals surface area (Å²) in [7, 11) is 7.31. The maximum absolute atomic E-state index is 12.6. The Morgan fingerprint density at radius 1 is 1.13 bits per heavy atom. The molecular weight excluding hydrogens is 294 g/mol. The molecule has 0 saturated carbocycles. The second-order valence-corrected chi connectivity index (χ2v) is 6.38. The first-order valence-corrected chi connectivity index (χ1v) is 7.88. The van der Waals surface area contributed by atoms with Gasteiger partial charge in [-0.25, -0.2) is 9.78 Å². The van der Waals surface area contributed by atoms with E-state index in [1.807, 2.05) is 13.1 Å². The number of nitrogens with zero attached hydrogens (tertiary/aromatic N) is 5. The first-order valence-electron chi connectivity index (χ1n) is 7.88. The fraction of sp³-hybridized carbons (Fsp3) is 0.562. The van der Waals surface area contributed by atoms with Crippen LogP contribution in [0.5, 0.6) is 0 Å². The van der Waals surface area contributed by atoms with Gasteiger partial charge in [-0.2, -0.15) is 0 Å². The molecule has 7 heteroatoms. The number of aromatic nitrogens is 3. The number of pyridine rings is 1. The molecule has 2 aromatic rings. The second kappa shape index (κ2) is 5.81. The van der Waals surface area contributed by atoms with E-state index in [0.29, 0.717) is 17.1 Å². The van der Waals surface area contributed by atoms with Gasteiger partial charge in [0.2, 0.25) is 0 Å². The van der Waals surface area contributed by atoms with Crippen molar-refractivity contribution in [1.82, 2.24) is 19.0 Å². The Balaban J connectivity index is 2.15. The van der Waals surface area contributed by atoms with Gasteiger partial charge < -0.3 is 9.80 Å². The van der Waals surface area contributed by atoms with Crippen LogP contribution in [-0.2, 0) is 14.1 Å². The number of aryl methyl sites for hydroxylation is 1. The van der Waals surface area contributed by atoms with Gasteiger partial charge in [0.25, 0.3) is 5.56 Å². The lowest BCUT2D eigenvalue weighted by Gasteiger charge is -2.36. The molecule has 0 bridgehead atoms. The summed E-state index contributed by atoms with van der Waals surface area (Å²) in [5.41, 5.74) is 0.649. The lowest BCUT2D eigenvalue weighted by Crippen LogP contribution is -2.43. The van der Waals surface area contributed by atoms with Crippen molar-refractivity contribution in [3.05, 3.63) is 33.1 Å². The molecule has 0 aromatic carbocycles. The van der Waals surface area contributed by atoms with Crippen molar-refractivity contribution in [1.29, 1.82) is 0 Å². The van der Waals surface area contributed by atoms with Crippen LogP contribution in [0.15, 0.2) is 21.9 Å². The highest BCUT2D eigenvalue weighted by Gasteiger charge is 2.24. The highest BCUT2D eigenvalue weighted by atomic mass is 16.2. The van der Waals surface area contributed by atoms with E-state index in [9.17, 15) is 9.59 Å². The quantitative estimate of drug-likeness (QED) is 0.790. The third kappa shape index (κ3) is 2.55. The molecule has 1 aliphatic heterocycles. The maximum atomic E-state index is 12.6. The minimum atomic E-state index is -0.353. The molecule has 1 aliphatic rings. The first-order chi connectivity index (χ1) is 10.9. The molecule has 7 nitrogen and oxygen atoms in total. The fourth-order valence-corrected chi connectivity index (χ4v) is 3.34. The molecule has 23 heavy (non-hydrogen) atoms. The van der Waals surface area contributed by atoms with Crippen LogP contribution in [0.1, 0.15) is 12.8 Å². The predicted octanol–water partition coefficient (Wildman–Crippen LogP) is 0.163. The number of piperidine rings is 1. The van der Waals surface area contributed by atoms with E-state index in [-0.39, 0.29) is 11.2 Å². The number of hydrogen-bond acceptors (Lipinski definition) is 5. The van der Waals surface area contributed by atoms with Gasteiger partial charge in [0, 0.05) is 33.4 Å². The normalized spacial score (nSPS) is 16.9. The Kier molecular flexibility index (Phi) is 3.97. The van der Waals surface area contributed by atoms with Crippen molar-refractivity contribution in [2.45, 2.75) is 18.9 Å². The van der Waals surface area contributed by atoms with E-state index in [1.54, 1.807) is 13.2 Å². The number of likely N-dealkylation sites (tertiary alicyclic amines) is 1. The smallest absolute Gasteiger partial charge is 0.332 e. The van der Waals surface area contributed by atoms with Crippen molar-refractivity contribution in [3.63, 3.8) is 0 Å². The zero-order valence-corrected chi connectivity index (χ0v) is 14.1. The van der Waals surface area contributed by atoms with Crippen LogP contribution >= 0.6 is 0 Å². The molecule has 0 spiro atoms. The Morgan fingerprint density at radius 2 is 1.78 bits per heavy atom. The predicted molar refractivity (Wildman–Crippen MR) is 91.1 cm³/mol. The zero-order valence-electron chi connectivity index (χ0n) is 14.1. The minimum absolute atomic E-state index is 0.286. The number of anilines is 1. The van der Waals surface area contributed by atoms with E-state index in [0.717, 1.165) is 36.2 Å². The summed E-state index contributed by atoms with van der Waals surface area (Å²) in [6, 6.07) is 2.26. The molecule has 1 saturated heterocycles. The largest absolute Gasteiger partial charge is 0.371 e. The van der Waals surface area contributed by atoms with Gasteiger partial charge in [0.1, 0.15) is 5.39 Å². The van der Waals surface area contributed by atoms with Crippen molar-refractivity contribution < 1.29 is 0 Å². The van der Waals surface area contributed by atoms with Crippen LogP contribution in [0, 0.1) is 0 Å². The van der Waals surface area contributed by atoms with Gasteiger partial charge in [-0.05, 0) is 39.0 Å². The molecule has 1 fully saturated rings. The van der Waals surface area contributed by atoms with Gasteiger partial charge in [-0.3, -0.25) is 13.9 Å². The molecule has 0 atom stereocenters. The van der Waals surface area contributed by atoms with Crippen LogP contribution in [0.3, 0.4) is 0 Å². The molecule has 0 radical (unpaired) electrons. The SMILES string of the molecule is CN1CCC(N(C)c2ccnc3c2c(=O)n(C)c(=O)n3C)CC1. The summed E-state index contributed by atoms with van der Waals surface area (Å²) < 4.78 is 2.58. The van der Waals surface area contributed by atoms with Crippen LogP contribution in [-0.4, -0.2) is 52.2 Å². The summed E-state index contributed by atoms with van der Waals surface area (Å²) in [6.07, 6.45) is 3.79. The monoisotopic (exact) mass is 317 g/mol. The van der Waals surface area contributed by atoms with E-state index in [1.165, 1.54) is 11.6 Å². The molecular formula is C16H23N5O2. The summed E-state index contributed by atoms with van der Waals surface area (Å²) >= 11 is 0. The van der Waals surface area contributed by atoms with Gasteiger partial charge in [0.05, 0.1) is 5.69 Å². The van der Waals surface area contributed by atoms with Crippen LogP contribution in [0.2, 0.25) is 0 Å². The molecule has 3 rings (SSSR count). The second-order valence-electron chi connectivity index (χ2n) is 6.38. The molecule has 0 unspecified atom stereocenters. The molecule has 3 heterocycles. The lowest BCUT2D eigenvalue weighted by molar-refractivity contribution is 0.253. The van der Waals surface area contributed by atoms with E-state index >= 15 is 0 Å². The summed E-state index contributed by atoms with van der Waals surface area (Å²) in [6.45, 7) is 2.10.